The fourth-order valence-electron chi connectivity index (χ4n) is 8.97. The van der Waals surface area contributed by atoms with Crippen LogP contribution in [0.2, 0.25) is 0 Å². The number of hydrogen-bond acceptors (Lipinski definition) is 3. The van der Waals surface area contributed by atoms with Gasteiger partial charge in [-0.25, -0.2) is 15.0 Å². The molecule has 4 heteroatoms. The lowest BCUT2D eigenvalue weighted by atomic mass is 9.81. The summed E-state index contributed by atoms with van der Waals surface area (Å²) < 4.78 is 2.38. The molecule has 10 aromatic rings. The highest BCUT2D eigenvalue weighted by Gasteiger charge is 2.35. The highest BCUT2D eigenvalue weighted by atomic mass is 15.0. The maximum Gasteiger partial charge on any atom is 0.164 e. The minimum Gasteiger partial charge on any atom is -0.309 e. The smallest absolute Gasteiger partial charge is 0.164 e. The van der Waals surface area contributed by atoms with E-state index in [2.05, 4.69) is 152 Å². The molecule has 0 unspecified atom stereocenters. The summed E-state index contributed by atoms with van der Waals surface area (Å²) in [6.07, 6.45) is 0. The molecule has 1 aliphatic rings. The average molecular weight is 743 g/mol. The number of hydrogen-bond donors (Lipinski definition) is 0. The van der Waals surface area contributed by atoms with Gasteiger partial charge in [-0.3, -0.25) is 0 Å². The van der Waals surface area contributed by atoms with Gasteiger partial charge < -0.3 is 4.57 Å². The van der Waals surface area contributed by atoms with Gasteiger partial charge in [0.05, 0.1) is 11.0 Å². The van der Waals surface area contributed by atoms with E-state index in [1.807, 2.05) is 60.7 Å². The van der Waals surface area contributed by atoms with Crippen LogP contribution in [0.4, 0.5) is 0 Å². The van der Waals surface area contributed by atoms with Gasteiger partial charge in [0, 0.05) is 38.6 Å². The Labute approximate surface area is 337 Å². The fraction of sp³-hybridized carbons (Fsp3) is 0.0556. The Morgan fingerprint density at radius 1 is 0.345 bits per heavy atom. The SMILES string of the molecule is CC1(C)c2ccccc2-c2ccc(-c3ccccc3-c3ccc4c5ccccc5n(-c5ccc(-c6nc(-c7ccccc7)nc(-c7ccccc7)n6)cc5)c4c3)cc21. The van der Waals surface area contributed by atoms with Gasteiger partial charge in [0.2, 0.25) is 0 Å². The Hall–Kier alpha value is -7.43. The molecule has 0 amide bonds. The van der Waals surface area contributed by atoms with Crippen LogP contribution < -0.4 is 0 Å². The van der Waals surface area contributed by atoms with E-state index in [9.17, 15) is 0 Å². The van der Waals surface area contributed by atoms with E-state index in [0.29, 0.717) is 17.5 Å². The molecule has 4 nitrogen and oxygen atoms in total. The van der Waals surface area contributed by atoms with Gasteiger partial charge in [0.1, 0.15) is 0 Å². The van der Waals surface area contributed by atoms with Crippen molar-refractivity contribution in [2.45, 2.75) is 19.3 Å². The van der Waals surface area contributed by atoms with Gasteiger partial charge >= 0.3 is 0 Å². The van der Waals surface area contributed by atoms with Gasteiger partial charge in [-0.1, -0.05) is 166 Å². The molecule has 2 aromatic heterocycles. The Bertz CT molecular complexity index is 3120. The first-order valence-corrected chi connectivity index (χ1v) is 19.9. The molecule has 0 saturated heterocycles. The number of fused-ring (bicyclic) bond motifs is 6. The molecular formula is C54H38N4. The van der Waals surface area contributed by atoms with Crippen LogP contribution in [0.15, 0.2) is 194 Å². The summed E-state index contributed by atoms with van der Waals surface area (Å²) in [5.41, 5.74) is 16.5. The lowest BCUT2D eigenvalue weighted by Gasteiger charge is -2.22. The summed E-state index contributed by atoms with van der Waals surface area (Å²) in [6.45, 7) is 4.70. The molecule has 274 valence electrons. The van der Waals surface area contributed by atoms with Gasteiger partial charge in [-0.2, -0.15) is 0 Å². The van der Waals surface area contributed by atoms with E-state index in [4.69, 9.17) is 15.0 Å². The van der Waals surface area contributed by atoms with E-state index in [0.717, 1.165) is 33.4 Å². The molecule has 0 spiro atoms. The summed E-state index contributed by atoms with van der Waals surface area (Å²) in [7, 11) is 0. The second-order valence-corrected chi connectivity index (χ2v) is 15.6. The van der Waals surface area contributed by atoms with E-state index < -0.39 is 0 Å². The van der Waals surface area contributed by atoms with Crippen LogP contribution in [0.5, 0.6) is 0 Å². The lowest BCUT2D eigenvalue weighted by molar-refractivity contribution is 0.660. The second-order valence-electron chi connectivity index (χ2n) is 15.6. The molecule has 1 aliphatic carbocycles. The van der Waals surface area contributed by atoms with E-state index in [1.165, 1.54) is 55.3 Å². The zero-order chi connectivity index (χ0) is 38.8. The summed E-state index contributed by atoms with van der Waals surface area (Å²) in [5, 5.41) is 2.44. The number of aromatic nitrogens is 4. The average Bonchev–Trinajstić information content (AvgIpc) is 3.74. The van der Waals surface area contributed by atoms with Crippen LogP contribution in [-0.2, 0) is 5.41 Å². The molecule has 0 aliphatic heterocycles. The molecule has 0 N–H and O–H groups in total. The van der Waals surface area contributed by atoms with Crippen molar-refractivity contribution < 1.29 is 0 Å². The quantitative estimate of drug-likeness (QED) is 0.170. The van der Waals surface area contributed by atoms with Crippen molar-refractivity contribution in [2.24, 2.45) is 0 Å². The molecular weight excluding hydrogens is 705 g/mol. The predicted molar refractivity (Wildman–Crippen MR) is 239 cm³/mol. The first-order valence-electron chi connectivity index (χ1n) is 19.9. The molecule has 58 heavy (non-hydrogen) atoms. The fourth-order valence-corrected chi connectivity index (χ4v) is 8.97. The molecule has 8 aromatic carbocycles. The standard InChI is InChI=1S/C54H38N4/c1-54(2)47-23-13-11-21-43(47)44-31-27-38(33-48(44)54)41-19-9-10-20-42(41)39-28-32-46-45-22-12-14-24-49(45)58(50(46)34-39)40-29-25-37(26-30-40)53-56-51(35-15-5-3-6-16-35)55-52(57-53)36-17-7-4-8-18-36/h3-34H,1-2H3. The number of nitrogens with zero attached hydrogens (tertiary/aromatic N) is 4. The molecule has 2 heterocycles. The van der Waals surface area contributed by atoms with Crippen molar-refractivity contribution in [3.63, 3.8) is 0 Å². The molecule has 0 atom stereocenters. The van der Waals surface area contributed by atoms with Crippen LogP contribution in [0.1, 0.15) is 25.0 Å². The molecule has 0 bridgehead atoms. The number of para-hydroxylation sites is 1. The maximum atomic E-state index is 4.98. The Morgan fingerprint density at radius 3 is 1.47 bits per heavy atom. The Balaban J connectivity index is 1.02. The maximum absolute atomic E-state index is 4.98. The predicted octanol–water partition coefficient (Wildman–Crippen LogP) is 13.6. The van der Waals surface area contributed by atoms with Gasteiger partial charge in [-0.05, 0) is 87.0 Å². The minimum absolute atomic E-state index is 0.0653. The number of benzene rings is 8. The van der Waals surface area contributed by atoms with Crippen molar-refractivity contribution in [3.05, 3.63) is 205 Å². The minimum atomic E-state index is -0.0653. The van der Waals surface area contributed by atoms with Crippen molar-refractivity contribution in [3.8, 4) is 73.2 Å². The van der Waals surface area contributed by atoms with Crippen molar-refractivity contribution in [2.75, 3.05) is 0 Å². The van der Waals surface area contributed by atoms with Crippen LogP contribution >= 0.6 is 0 Å². The summed E-state index contributed by atoms with van der Waals surface area (Å²) in [5.74, 6) is 1.94. The van der Waals surface area contributed by atoms with Gasteiger partial charge in [0.25, 0.3) is 0 Å². The highest BCUT2D eigenvalue weighted by Crippen LogP contribution is 2.50. The van der Waals surface area contributed by atoms with Gasteiger partial charge in [0.15, 0.2) is 17.5 Å². The zero-order valence-corrected chi connectivity index (χ0v) is 32.3. The number of rotatable bonds is 6. The molecule has 11 rings (SSSR count). The van der Waals surface area contributed by atoms with Gasteiger partial charge in [-0.15, -0.1) is 0 Å². The Morgan fingerprint density at radius 2 is 0.810 bits per heavy atom. The lowest BCUT2D eigenvalue weighted by Crippen LogP contribution is -2.14. The molecule has 0 saturated carbocycles. The Kier molecular flexibility index (Phi) is 7.80. The third kappa shape index (κ3) is 5.48. The van der Waals surface area contributed by atoms with E-state index in [-0.39, 0.29) is 5.41 Å². The van der Waals surface area contributed by atoms with Crippen LogP contribution in [-0.4, -0.2) is 19.5 Å². The molecule has 0 radical (unpaired) electrons. The first kappa shape index (κ1) is 33.9. The van der Waals surface area contributed by atoms with Crippen LogP contribution in [0.3, 0.4) is 0 Å². The van der Waals surface area contributed by atoms with Crippen molar-refractivity contribution in [1.82, 2.24) is 19.5 Å². The van der Waals surface area contributed by atoms with E-state index in [1.54, 1.807) is 0 Å². The summed E-state index contributed by atoms with van der Waals surface area (Å²) >= 11 is 0. The first-order chi connectivity index (χ1) is 28.5. The van der Waals surface area contributed by atoms with Crippen molar-refractivity contribution >= 4 is 21.8 Å². The molecule has 0 fully saturated rings. The largest absolute Gasteiger partial charge is 0.309 e. The highest BCUT2D eigenvalue weighted by molar-refractivity contribution is 6.10. The van der Waals surface area contributed by atoms with Crippen molar-refractivity contribution in [1.29, 1.82) is 0 Å². The second kappa shape index (κ2) is 13.4. The third-order valence-electron chi connectivity index (χ3n) is 11.9. The topological polar surface area (TPSA) is 43.6 Å². The summed E-state index contributed by atoms with van der Waals surface area (Å²) in [6, 6.07) is 69.2. The normalized spacial score (nSPS) is 12.8. The summed E-state index contributed by atoms with van der Waals surface area (Å²) in [4.78, 5) is 14.8. The van der Waals surface area contributed by atoms with Crippen LogP contribution in [0.25, 0.3) is 95.0 Å². The zero-order valence-electron chi connectivity index (χ0n) is 32.3. The van der Waals surface area contributed by atoms with Crippen LogP contribution in [0, 0.1) is 0 Å². The third-order valence-corrected chi connectivity index (χ3v) is 11.9. The van der Waals surface area contributed by atoms with E-state index >= 15 is 0 Å². The monoisotopic (exact) mass is 742 g/mol.